The quantitative estimate of drug-likeness (QED) is 0.699. The van der Waals surface area contributed by atoms with Crippen LogP contribution in [0.4, 0.5) is 0 Å². The van der Waals surface area contributed by atoms with Gasteiger partial charge >= 0.3 is 0 Å². The fourth-order valence-corrected chi connectivity index (χ4v) is 3.20. The van der Waals surface area contributed by atoms with Crippen molar-refractivity contribution in [2.24, 2.45) is 0 Å². The predicted molar refractivity (Wildman–Crippen MR) is 64.4 cm³/mol. The van der Waals surface area contributed by atoms with E-state index in [1.165, 1.54) is 12.0 Å². The standard InChI is InChI=1S/C13H16OS/c1-11-7-9-13(10-8-11)15(14)12-5-3-2-4-6-12/h3,5,7-10,12H,2,4,6H2,1H3/t12-,15+/m0/s1. The minimum Gasteiger partial charge on any atom is -0.254 e. The third-order valence-electron chi connectivity index (χ3n) is 2.74. The van der Waals surface area contributed by atoms with Crippen LogP contribution in [0.25, 0.3) is 0 Å². The van der Waals surface area contributed by atoms with Gasteiger partial charge in [0.1, 0.15) is 0 Å². The van der Waals surface area contributed by atoms with Crippen molar-refractivity contribution in [2.45, 2.75) is 36.3 Å². The summed E-state index contributed by atoms with van der Waals surface area (Å²) in [5, 5.41) is 0.224. The first-order chi connectivity index (χ1) is 7.27. The average molecular weight is 220 g/mol. The van der Waals surface area contributed by atoms with Crippen LogP contribution in [0.15, 0.2) is 41.3 Å². The van der Waals surface area contributed by atoms with E-state index in [1.54, 1.807) is 0 Å². The smallest absolute Gasteiger partial charge is 0.0599 e. The highest BCUT2D eigenvalue weighted by Crippen LogP contribution is 2.21. The Kier molecular flexibility index (Phi) is 3.37. The lowest BCUT2D eigenvalue weighted by molar-refractivity contribution is 0.660. The van der Waals surface area contributed by atoms with Crippen molar-refractivity contribution in [2.75, 3.05) is 0 Å². The van der Waals surface area contributed by atoms with E-state index in [1.807, 2.05) is 31.2 Å². The molecule has 2 heteroatoms. The molecule has 0 saturated heterocycles. The lowest BCUT2D eigenvalue weighted by atomic mass is 10.1. The highest BCUT2D eigenvalue weighted by molar-refractivity contribution is 7.85. The zero-order valence-corrected chi connectivity index (χ0v) is 9.80. The van der Waals surface area contributed by atoms with Crippen LogP contribution in [0.5, 0.6) is 0 Å². The van der Waals surface area contributed by atoms with Gasteiger partial charge in [-0.2, -0.15) is 0 Å². The van der Waals surface area contributed by atoms with E-state index in [0.29, 0.717) is 0 Å². The molecule has 0 N–H and O–H groups in total. The van der Waals surface area contributed by atoms with Gasteiger partial charge in [-0.15, -0.1) is 0 Å². The van der Waals surface area contributed by atoms with Gasteiger partial charge in [0.15, 0.2) is 0 Å². The summed E-state index contributed by atoms with van der Waals surface area (Å²) >= 11 is 0. The zero-order chi connectivity index (χ0) is 10.7. The summed E-state index contributed by atoms with van der Waals surface area (Å²) in [7, 11) is -0.865. The topological polar surface area (TPSA) is 17.1 Å². The summed E-state index contributed by atoms with van der Waals surface area (Å²) in [6.07, 6.45) is 7.62. The van der Waals surface area contributed by atoms with E-state index in [-0.39, 0.29) is 5.25 Å². The molecule has 0 radical (unpaired) electrons. The van der Waals surface area contributed by atoms with Crippen molar-refractivity contribution in [3.8, 4) is 0 Å². The predicted octanol–water partition coefficient (Wildman–Crippen LogP) is 3.21. The molecule has 0 aromatic heterocycles. The van der Waals surface area contributed by atoms with E-state index < -0.39 is 10.8 Å². The van der Waals surface area contributed by atoms with E-state index >= 15 is 0 Å². The first-order valence-electron chi connectivity index (χ1n) is 5.41. The van der Waals surface area contributed by atoms with Crippen LogP contribution in [0.2, 0.25) is 0 Å². The second-order valence-electron chi connectivity index (χ2n) is 4.01. The Morgan fingerprint density at radius 3 is 2.60 bits per heavy atom. The molecular weight excluding hydrogens is 204 g/mol. The number of hydrogen-bond acceptors (Lipinski definition) is 1. The van der Waals surface area contributed by atoms with E-state index in [0.717, 1.165) is 17.7 Å². The molecule has 0 aliphatic heterocycles. The number of rotatable bonds is 2. The molecule has 0 fully saturated rings. The summed E-state index contributed by atoms with van der Waals surface area (Å²) in [5.41, 5.74) is 1.22. The van der Waals surface area contributed by atoms with Crippen LogP contribution < -0.4 is 0 Å². The first-order valence-corrected chi connectivity index (χ1v) is 6.62. The number of hydrogen-bond donors (Lipinski definition) is 0. The van der Waals surface area contributed by atoms with Gasteiger partial charge in [0.05, 0.1) is 16.0 Å². The Balaban J connectivity index is 2.16. The third kappa shape index (κ3) is 2.57. The molecular formula is C13H16OS. The molecule has 0 saturated carbocycles. The third-order valence-corrected chi connectivity index (χ3v) is 4.42. The van der Waals surface area contributed by atoms with Crippen LogP contribution in [0, 0.1) is 6.92 Å². The van der Waals surface area contributed by atoms with Crippen molar-refractivity contribution in [1.29, 1.82) is 0 Å². The molecule has 2 atom stereocenters. The van der Waals surface area contributed by atoms with Crippen LogP contribution in [-0.4, -0.2) is 9.46 Å². The highest BCUT2D eigenvalue weighted by atomic mass is 32.2. The lowest BCUT2D eigenvalue weighted by Gasteiger charge is -2.15. The fraction of sp³-hybridized carbons (Fsp3) is 0.385. The maximum atomic E-state index is 12.2. The average Bonchev–Trinajstić information content (AvgIpc) is 2.30. The van der Waals surface area contributed by atoms with Crippen LogP contribution in [0.1, 0.15) is 24.8 Å². The van der Waals surface area contributed by atoms with Crippen LogP contribution in [-0.2, 0) is 10.8 Å². The summed E-state index contributed by atoms with van der Waals surface area (Å²) in [6.45, 7) is 2.05. The zero-order valence-electron chi connectivity index (χ0n) is 8.98. The van der Waals surface area contributed by atoms with Crippen molar-refractivity contribution < 1.29 is 4.21 Å². The fourth-order valence-electron chi connectivity index (χ4n) is 1.81. The minimum atomic E-state index is -0.865. The summed E-state index contributed by atoms with van der Waals surface area (Å²) in [5.74, 6) is 0. The Hall–Kier alpha value is -0.890. The van der Waals surface area contributed by atoms with Crippen LogP contribution >= 0.6 is 0 Å². The Bertz CT molecular complexity index is 378. The SMILES string of the molecule is Cc1ccc([S@](=O)[C@H]2C=CCCC2)cc1. The number of aryl methyl sites for hydroxylation is 1. The maximum absolute atomic E-state index is 12.2. The Morgan fingerprint density at radius 1 is 1.27 bits per heavy atom. The second kappa shape index (κ2) is 4.75. The Labute approximate surface area is 93.7 Å². The second-order valence-corrected chi connectivity index (χ2v) is 5.68. The van der Waals surface area contributed by atoms with E-state index in [2.05, 4.69) is 12.2 Å². The van der Waals surface area contributed by atoms with Gasteiger partial charge in [-0.1, -0.05) is 29.8 Å². The van der Waals surface area contributed by atoms with E-state index in [9.17, 15) is 4.21 Å². The molecule has 2 rings (SSSR count). The monoisotopic (exact) mass is 220 g/mol. The van der Waals surface area contributed by atoms with Crippen molar-refractivity contribution in [3.63, 3.8) is 0 Å². The normalized spacial score (nSPS) is 22.6. The molecule has 0 spiro atoms. The molecule has 1 nitrogen and oxygen atoms in total. The molecule has 1 aliphatic rings. The molecule has 1 aromatic carbocycles. The molecule has 15 heavy (non-hydrogen) atoms. The summed E-state index contributed by atoms with van der Waals surface area (Å²) < 4.78 is 12.2. The molecule has 0 heterocycles. The maximum Gasteiger partial charge on any atom is 0.0599 e. The van der Waals surface area contributed by atoms with Gasteiger partial charge in [-0.25, -0.2) is 0 Å². The van der Waals surface area contributed by atoms with E-state index in [4.69, 9.17) is 0 Å². The van der Waals surface area contributed by atoms with Gasteiger partial charge in [0.25, 0.3) is 0 Å². The molecule has 0 amide bonds. The Morgan fingerprint density at radius 2 is 2.00 bits per heavy atom. The van der Waals surface area contributed by atoms with Gasteiger partial charge in [-0.05, 0) is 38.3 Å². The minimum absolute atomic E-state index is 0.224. The molecule has 1 aromatic rings. The first kappa shape index (κ1) is 10.6. The van der Waals surface area contributed by atoms with Crippen molar-refractivity contribution in [3.05, 3.63) is 42.0 Å². The molecule has 0 bridgehead atoms. The summed E-state index contributed by atoms with van der Waals surface area (Å²) in [4.78, 5) is 0.956. The van der Waals surface area contributed by atoms with Gasteiger partial charge in [0.2, 0.25) is 0 Å². The summed E-state index contributed by atoms with van der Waals surface area (Å²) in [6, 6.07) is 8.02. The highest BCUT2D eigenvalue weighted by Gasteiger charge is 2.16. The lowest BCUT2D eigenvalue weighted by Crippen LogP contribution is -2.14. The molecule has 1 aliphatic carbocycles. The molecule has 80 valence electrons. The van der Waals surface area contributed by atoms with Gasteiger partial charge in [0, 0.05) is 4.90 Å². The van der Waals surface area contributed by atoms with Crippen molar-refractivity contribution >= 4 is 10.8 Å². The molecule has 0 unspecified atom stereocenters. The number of allylic oxidation sites excluding steroid dienone is 1. The van der Waals surface area contributed by atoms with Crippen LogP contribution in [0.3, 0.4) is 0 Å². The largest absolute Gasteiger partial charge is 0.254 e. The number of benzene rings is 1. The van der Waals surface area contributed by atoms with Gasteiger partial charge in [-0.3, -0.25) is 4.21 Å². The van der Waals surface area contributed by atoms with Crippen molar-refractivity contribution in [1.82, 2.24) is 0 Å². The van der Waals surface area contributed by atoms with Gasteiger partial charge < -0.3 is 0 Å².